The maximum Gasteiger partial charge on any atom is 0.182 e. The smallest absolute Gasteiger partial charge is 0.182 e. The topological polar surface area (TPSA) is 25.8 Å². The highest BCUT2D eigenvalue weighted by molar-refractivity contribution is 7.24. The Morgan fingerprint density at radius 2 is 0.840 bits per heavy atom. The predicted octanol–water partition coefficient (Wildman–Crippen LogP) is 8.39. The molecule has 0 fully saturated rings. The first-order valence-electron chi connectivity index (χ1n) is 17.4. The van der Waals surface area contributed by atoms with Gasteiger partial charge in [-0.2, -0.15) is 0 Å². The third-order valence-corrected chi connectivity index (χ3v) is 16.1. The van der Waals surface area contributed by atoms with Gasteiger partial charge in [0.05, 0.1) is 11.4 Å². The van der Waals surface area contributed by atoms with Crippen molar-refractivity contribution in [2.75, 3.05) is 0 Å². The average molecular weight is 651 g/mol. The van der Waals surface area contributed by atoms with Crippen LogP contribution in [-0.2, 0) is 6.42 Å². The molecule has 0 atom stereocenters. The highest BCUT2D eigenvalue weighted by atomic mass is 28.3. The second kappa shape index (κ2) is 10.4. The van der Waals surface area contributed by atoms with Crippen LogP contribution in [0.5, 0.6) is 0 Å². The Bertz CT molecular complexity index is 2620. The van der Waals surface area contributed by atoms with E-state index in [0.717, 1.165) is 34.8 Å². The molecule has 3 heteroatoms. The van der Waals surface area contributed by atoms with Crippen LogP contribution in [0.25, 0.3) is 67.3 Å². The minimum atomic E-state index is -2.57. The van der Waals surface area contributed by atoms with E-state index in [-0.39, 0.29) is 0 Å². The van der Waals surface area contributed by atoms with E-state index in [1.54, 1.807) is 0 Å². The molecule has 1 aliphatic carbocycles. The van der Waals surface area contributed by atoms with Crippen LogP contribution in [0.1, 0.15) is 11.1 Å². The van der Waals surface area contributed by atoms with Crippen LogP contribution in [-0.4, -0.2) is 18.0 Å². The van der Waals surface area contributed by atoms with Gasteiger partial charge in [-0.15, -0.1) is 0 Å². The highest BCUT2D eigenvalue weighted by Gasteiger charge is 2.53. The molecule has 0 bridgehead atoms. The molecule has 7 aromatic carbocycles. The van der Waals surface area contributed by atoms with Crippen molar-refractivity contribution in [3.05, 3.63) is 181 Å². The minimum Gasteiger partial charge on any atom is -0.228 e. The fraction of sp³-hybridized carbons (Fsp3) is 0.0213. The summed E-state index contributed by atoms with van der Waals surface area (Å²) in [5, 5.41) is 5.87. The van der Waals surface area contributed by atoms with Crippen LogP contribution >= 0.6 is 0 Å². The van der Waals surface area contributed by atoms with Crippen LogP contribution in [0.4, 0.5) is 0 Å². The monoisotopic (exact) mass is 650 g/mol. The maximum absolute atomic E-state index is 5.47. The third-order valence-electron chi connectivity index (χ3n) is 11.2. The van der Waals surface area contributed by atoms with Gasteiger partial charge in [-0.3, -0.25) is 0 Å². The van der Waals surface area contributed by atoms with Crippen LogP contribution in [0.15, 0.2) is 170 Å². The quantitative estimate of drug-likeness (QED) is 0.180. The lowest BCUT2D eigenvalue weighted by atomic mass is 9.96. The Kier molecular flexibility index (Phi) is 5.78. The first-order valence-corrected chi connectivity index (χ1v) is 19.4. The summed E-state index contributed by atoms with van der Waals surface area (Å²) in [6.45, 7) is 0. The zero-order valence-corrected chi connectivity index (χ0v) is 28.3. The molecule has 0 saturated carbocycles. The van der Waals surface area contributed by atoms with E-state index in [1.807, 2.05) is 0 Å². The Hall–Kier alpha value is -6.16. The van der Waals surface area contributed by atoms with Crippen molar-refractivity contribution >= 4 is 28.8 Å². The summed E-state index contributed by atoms with van der Waals surface area (Å²) < 4.78 is 0. The molecule has 0 amide bonds. The standard InChI is InChI=1S/C47H30N2Si/c1-3-14-30(15-4-1)33-21-13-22-38-39(33)29-40-45(31-16-5-2-6-17-31)48-47(49-46(38)40)32-26-27-37-36-20-9-12-25-43(36)50(44(37)28-32)41-23-10-7-18-34(41)35-19-8-11-24-42(35)50/h1-28H,29H2. The Labute approximate surface area is 292 Å². The Morgan fingerprint density at radius 1 is 0.340 bits per heavy atom. The number of benzene rings is 7. The van der Waals surface area contributed by atoms with E-state index in [4.69, 9.17) is 9.97 Å². The molecule has 2 nitrogen and oxygen atoms in total. The van der Waals surface area contributed by atoms with Gasteiger partial charge in [0.15, 0.2) is 13.9 Å². The van der Waals surface area contributed by atoms with Gasteiger partial charge in [-0.1, -0.05) is 170 Å². The molecular formula is C47H30N2Si. The van der Waals surface area contributed by atoms with E-state index in [2.05, 4.69) is 170 Å². The zero-order valence-electron chi connectivity index (χ0n) is 27.3. The zero-order chi connectivity index (χ0) is 32.8. The first kappa shape index (κ1) is 27.8. The molecule has 0 unspecified atom stereocenters. The summed E-state index contributed by atoms with van der Waals surface area (Å²) in [5.74, 6) is 0.781. The summed E-state index contributed by atoms with van der Waals surface area (Å²) in [4.78, 5) is 10.9. The van der Waals surface area contributed by atoms with Crippen LogP contribution < -0.4 is 20.7 Å². The van der Waals surface area contributed by atoms with Crippen LogP contribution in [0.3, 0.4) is 0 Å². The van der Waals surface area contributed by atoms with E-state index in [0.29, 0.717) is 0 Å². The molecular weight excluding hydrogens is 621 g/mol. The number of hydrogen-bond acceptors (Lipinski definition) is 2. The van der Waals surface area contributed by atoms with Crippen LogP contribution in [0.2, 0.25) is 0 Å². The number of nitrogens with zero attached hydrogens (tertiary/aromatic N) is 2. The second-order valence-electron chi connectivity index (χ2n) is 13.6. The molecule has 50 heavy (non-hydrogen) atoms. The molecule has 11 rings (SSSR count). The molecule has 0 radical (unpaired) electrons. The normalized spacial score (nSPS) is 13.7. The lowest BCUT2D eigenvalue weighted by molar-refractivity contribution is 1.13. The Balaban J connectivity index is 1.17. The number of hydrogen-bond donors (Lipinski definition) is 0. The summed E-state index contributed by atoms with van der Waals surface area (Å²) in [6.07, 6.45) is 0.809. The summed E-state index contributed by atoms with van der Waals surface area (Å²) in [6, 6.07) is 62.4. The van der Waals surface area contributed by atoms with Crippen molar-refractivity contribution in [3.8, 4) is 67.3 Å². The molecule has 2 aliphatic heterocycles. The number of aromatic nitrogens is 2. The van der Waals surface area contributed by atoms with Crippen molar-refractivity contribution in [1.29, 1.82) is 0 Å². The van der Waals surface area contributed by atoms with Crippen molar-refractivity contribution in [2.45, 2.75) is 6.42 Å². The first-order chi connectivity index (χ1) is 24.8. The number of fused-ring (bicyclic) bond motifs is 13. The van der Waals surface area contributed by atoms with Crippen molar-refractivity contribution in [2.24, 2.45) is 0 Å². The van der Waals surface area contributed by atoms with Crippen molar-refractivity contribution in [3.63, 3.8) is 0 Å². The largest absolute Gasteiger partial charge is 0.228 e. The highest BCUT2D eigenvalue weighted by Crippen LogP contribution is 2.45. The van der Waals surface area contributed by atoms with Gasteiger partial charge in [-0.25, -0.2) is 9.97 Å². The van der Waals surface area contributed by atoms with Crippen LogP contribution in [0, 0.1) is 0 Å². The molecule has 0 saturated heterocycles. The molecule has 232 valence electrons. The predicted molar refractivity (Wildman–Crippen MR) is 208 cm³/mol. The third kappa shape index (κ3) is 3.67. The second-order valence-corrected chi connectivity index (χ2v) is 17.3. The fourth-order valence-corrected chi connectivity index (χ4v) is 14.8. The lowest BCUT2D eigenvalue weighted by Gasteiger charge is -2.28. The van der Waals surface area contributed by atoms with Gasteiger partial charge >= 0.3 is 0 Å². The van der Waals surface area contributed by atoms with Gasteiger partial charge in [0, 0.05) is 28.7 Å². The SMILES string of the molecule is c1ccc(-c2cccc3c2Cc2c(-c4ccccc4)nc(-c4ccc5c(c4)[Si]4(c6ccccc6-c6ccccc64)c4ccccc4-5)nc2-3)cc1. The average Bonchev–Trinajstić information content (AvgIpc) is 3.82. The molecule has 8 aromatic rings. The molecule has 1 aromatic heterocycles. The van der Waals surface area contributed by atoms with Gasteiger partial charge in [0.1, 0.15) is 0 Å². The molecule has 0 N–H and O–H groups in total. The fourth-order valence-electron chi connectivity index (χ4n) is 9.14. The summed E-state index contributed by atoms with van der Waals surface area (Å²) >= 11 is 0. The van der Waals surface area contributed by atoms with Crippen molar-refractivity contribution in [1.82, 2.24) is 9.97 Å². The maximum atomic E-state index is 5.47. The van der Waals surface area contributed by atoms with E-state index < -0.39 is 8.07 Å². The number of rotatable bonds is 3. The van der Waals surface area contributed by atoms with Gasteiger partial charge in [0.2, 0.25) is 0 Å². The molecule has 3 heterocycles. The van der Waals surface area contributed by atoms with E-state index >= 15 is 0 Å². The van der Waals surface area contributed by atoms with E-state index in [9.17, 15) is 0 Å². The van der Waals surface area contributed by atoms with Gasteiger partial charge in [0.25, 0.3) is 0 Å². The lowest BCUT2D eigenvalue weighted by Crippen LogP contribution is -2.70. The summed E-state index contributed by atoms with van der Waals surface area (Å²) in [5.41, 5.74) is 15.9. The molecule has 3 aliphatic rings. The Morgan fingerprint density at radius 3 is 1.48 bits per heavy atom. The minimum absolute atomic E-state index is 0.781. The molecule has 1 spiro atoms. The van der Waals surface area contributed by atoms with Gasteiger partial charge < -0.3 is 0 Å². The van der Waals surface area contributed by atoms with Gasteiger partial charge in [-0.05, 0) is 59.7 Å². The van der Waals surface area contributed by atoms with E-state index in [1.165, 1.54) is 70.8 Å². The van der Waals surface area contributed by atoms with Crippen molar-refractivity contribution < 1.29 is 0 Å². The summed E-state index contributed by atoms with van der Waals surface area (Å²) in [7, 11) is -2.57.